The number of hydrogen-bond donors (Lipinski definition) is 2. The number of nitrogens with zero attached hydrogens (tertiary/aromatic N) is 2. The van der Waals surface area contributed by atoms with Gasteiger partial charge in [0.15, 0.2) is 0 Å². The molecule has 8 heteroatoms. The Kier molecular flexibility index (Phi) is 7.04. The largest absolute Gasteiger partial charge is 0.348 e. The molecule has 0 spiro atoms. The van der Waals surface area contributed by atoms with E-state index in [0.29, 0.717) is 5.56 Å². The van der Waals surface area contributed by atoms with Crippen molar-refractivity contribution in [3.8, 4) is 0 Å². The highest BCUT2D eigenvalue weighted by Crippen LogP contribution is 2.21. The van der Waals surface area contributed by atoms with Crippen molar-refractivity contribution in [1.29, 1.82) is 0 Å². The minimum Gasteiger partial charge on any atom is -0.348 e. The molecule has 150 valence electrons. The summed E-state index contributed by atoms with van der Waals surface area (Å²) in [6.07, 6.45) is 4.76. The minimum absolute atomic E-state index is 0.00186. The summed E-state index contributed by atoms with van der Waals surface area (Å²) in [6.45, 7) is 6.37. The predicted octanol–water partition coefficient (Wildman–Crippen LogP) is 3.42. The molecule has 1 heterocycles. The van der Waals surface area contributed by atoms with Crippen LogP contribution in [-0.4, -0.2) is 26.7 Å². The zero-order chi connectivity index (χ0) is 20.9. The van der Waals surface area contributed by atoms with Gasteiger partial charge >= 0.3 is 0 Å². The normalized spacial score (nSPS) is 12.8. The van der Waals surface area contributed by atoms with E-state index in [9.17, 15) is 13.4 Å². The number of hydrogen-bond acceptors (Lipinski definition) is 3. The minimum atomic E-state index is -2.31. The number of amides is 1. The molecule has 0 saturated carbocycles. The number of anilines is 1. The first-order valence-corrected chi connectivity index (χ1v) is 9.70. The molecule has 1 unspecified atom stereocenters. The van der Waals surface area contributed by atoms with Gasteiger partial charge in [0.25, 0.3) is 11.3 Å². The van der Waals surface area contributed by atoms with Crippen molar-refractivity contribution in [1.82, 2.24) is 10.3 Å². The summed E-state index contributed by atoms with van der Waals surface area (Å²) in [5.41, 5.74) is 2.28. The summed E-state index contributed by atoms with van der Waals surface area (Å²) in [6, 6.07) is 8.02. The second-order valence-electron chi connectivity index (χ2n) is 7.29. The Balaban J connectivity index is 1.94. The number of pyridine rings is 1. The first-order valence-electron chi connectivity index (χ1n) is 8.63. The van der Waals surface area contributed by atoms with E-state index in [1.54, 1.807) is 18.3 Å². The van der Waals surface area contributed by atoms with Crippen LogP contribution >= 0.6 is 0 Å². The van der Waals surface area contributed by atoms with Crippen molar-refractivity contribution in [3.63, 3.8) is 0 Å². The van der Waals surface area contributed by atoms with Crippen LogP contribution in [0.15, 0.2) is 42.6 Å². The van der Waals surface area contributed by atoms with Crippen molar-refractivity contribution < 1.29 is 17.9 Å². The number of halogens is 1. The maximum Gasteiger partial charge on any atom is 0.261 e. The average Bonchev–Trinajstić information content (AvgIpc) is 2.63. The molecule has 0 aliphatic rings. The Bertz CT molecular complexity index is 893. The number of carbonyl (C=O) groups is 1. The van der Waals surface area contributed by atoms with Crippen LogP contribution in [0.4, 0.5) is 10.1 Å². The molecule has 0 radical (unpaired) electrons. The highest BCUT2D eigenvalue weighted by Gasteiger charge is 2.14. The molecular weight excluding hydrogens is 381 g/mol. The molecule has 0 saturated heterocycles. The maximum absolute atomic E-state index is 14.1. The Hall–Kier alpha value is -2.58. The lowest BCUT2D eigenvalue weighted by molar-refractivity contribution is -0.116. The first kappa shape index (κ1) is 21.7. The van der Waals surface area contributed by atoms with E-state index in [1.807, 2.05) is 12.1 Å². The third-order valence-corrected chi connectivity index (χ3v) is 4.70. The van der Waals surface area contributed by atoms with Crippen LogP contribution in [0.25, 0.3) is 6.08 Å². The number of nitrogens with one attached hydrogen (secondary N) is 1. The van der Waals surface area contributed by atoms with E-state index in [0.717, 1.165) is 15.6 Å². The van der Waals surface area contributed by atoms with Gasteiger partial charge in [0, 0.05) is 37.0 Å². The Morgan fingerprint density at radius 3 is 2.57 bits per heavy atom. The van der Waals surface area contributed by atoms with Gasteiger partial charge < -0.3 is 5.32 Å². The second kappa shape index (κ2) is 9.07. The van der Waals surface area contributed by atoms with E-state index in [2.05, 4.69) is 31.1 Å². The van der Waals surface area contributed by atoms with Crippen LogP contribution in [0, 0.1) is 5.82 Å². The molecule has 1 amide bonds. The van der Waals surface area contributed by atoms with Crippen molar-refractivity contribution in [2.75, 3.05) is 11.4 Å². The number of aromatic nitrogens is 1. The zero-order valence-electron chi connectivity index (χ0n) is 16.3. The lowest BCUT2D eigenvalue weighted by atomic mass is 9.91. The van der Waals surface area contributed by atoms with Crippen molar-refractivity contribution in [3.05, 3.63) is 65.2 Å². The SMILES string of the molecule is CN(c1ccc(CNC(=O)C=Cc2ccc(C(C)(C)C)nc2)cc1F)S(=O)O. The van der Waals surface area contributed by atoms with Gasteiger partial charge in [0.1, 0.15) is 5.82 Å². The van der Waals surface area contributed by atoms with Gasteiger partial charge in [0.2, 0.25) is 5.91 Å². The summed E-state index contributed by atoms with van der Waals surface area (Å²) in [5, 5.41) is 2.67. The Labute approximate surface area is 166 Å². The van der Waals surface area contributed by atoms with Gasteiger partial charge in [-0.05, 0) is 35.4 Å². The van der Waals surface area contributed by atoms with Crippen LogP contribution in [0.2, 0.25) is 0 Å². The topological polar surface area (TPSA) is 82.5 Å². The molecule has 2 aromatic rings. The van der Waals surface area contributed by atoms with Gasteiger partial charge in [-0.3, -0.25) is 18.6 Å². The zero-order valence-corrected chi connectivity index (χ0v) is 17.1. The Morgan fingerprint density at radius 2 is 2.04 bits per heavy atom. The molecule has 2 N–H and O–H groups in total. The van der Waals surface area contributed by atoms with Gasteiger partial charge in [0.05, 0.1) is 5.69 Å². The molecular formula is C20H24FN3O3S. The molecule has 0 fully saturated rings. The highest BCUT2D eigenvalue weighted by atomic mass is 32.2. The molecule has 1 aromatic carbocycles. The van der Waals surface area contributed by atoms with Crippen LogP contribution < -0.4 is 9.62 Å². The van der Waals surface area contributed by atoms with E-state index in [4.69, 9.17) is 4.55 Å². The van der Waals surface area contributed by atoms with Crippen LogP contribution in [-0.2, 0) is 28.0 Å². The van der Waals surface area contributed by atoms with E-state index >= 15 is 0 Å². The van der Waals surface area contributed by atoms with Gasteiger partial charge in [-0.2, -0.15) is 0 Å². The third-order valence-electron chi connectivity index (χ3n) is 4.03. The molecule has 2 rings (SSSR count). The van der Waals surface area contributed by atoms with Crippen LogP contribution in [0.3, 0.4) is 0 Å². The van der Waals surface area contributed by atoms with Crippen LogP contribution in [0.5, 0.6) is 0 Å². The molecule has 1 aromatic heterocycles. The van der Waals surface area contributed by atoms with Gasteiger partial charge in [-0.1, -0.05) is 32.9 Å². The van der Waals surface area contributed by atoms with Crippen LogP contribution in [0.1, 0.15) is 37.6 Å². The summed E-state index contributed by atoms with van der Waals surface area (Å²) < 4.78 is 35.0. The van der Waals surface area contributed by atoms with Gasteiger partial charge in [-0.15, -0.1) is 0 Å². The average molecular weight is 405 g/mol. The smallest absolute Gasteiger partial charge is 0.261 e. The van der Waals surface area contributed by atoms with E-state index in [-0.39, 0.29) is 23.6 Å². The molecule has 28 heavy (non-hydrogen) atoms. The maximum atomic E-state index is 14.1. The Morgan fingerprint density at radius 1 is 1.32 bits per heavy atom. The molecule has 0 aliphatic heterocycles. The molecule has 0 bridgehead atoms. The fraction of sp³-hybridized carbons (Fsp3) is 0.300. The quantitative estimate of drug-likeness (QED) is 0.570. The highest BCUT2D eigenvalue weighted by molar-refractivity contribution is 7.80. The van der Waals surface area contributed by atoms with Gasteiger partial charge in [-0.25, -0.2) is 8.60 Å². The fourth-order valence-electron chi connectivity index (χ4n) is 2.37. The lowest BCUT2D eigenvalue weighted by Gasteiger charge is -2.17. The second-order valence-corrected chi connectivity index (χ2v) is 8.30. The lowest BCUT2D eigenvalue weighted by Crippen LogP contribution is -2.22. The number of benzene rings is 1. The summed E-state index contributed by atoms with van der Waals surface area (Å²) in [7, 11) is 1.31. The first-order chi connectivity index (χ1) is 13.1. The summed E-state index contributed by atoms with van der Waals surface area (Å²) >= 11 is -2.31. The molecule has 1 atom stereocenters. The fourth-order valence-corrected chi connectivity index (χ4v) is 2.68. The van der Waals surface area contributed by atoms with E-state index in [1.165, 1.54) is 25.3 Å². The molecule has 0 aliphatic carbocycles. The molecule has 6 nitrogen and oxygen atoms in total. The third kappa shape index (κ3) is 5.97. The van der Waals surface area contributed by atoms with E-state index < -0.39 is 17.1 Å². The van der Waals surface area contributed by atoms with Crippen molar-refractivity contribution in [2.45, 2.75) is 32.7 Å². The summed E-state index contributed by atoms with van der Waals surface area (Å²) in [5.74, 6) is -0.963. The van der Waals surface area contributed by atoms with Crippen molar-refractivity contribution in [2.24, 2.45) is 0 Å². The monoisotopic (exact) mass is 405 g/mol. The van der Waals surface area contributed by atoms with Crippen molar-refractivity contribution >= 4 is 28.9 Å². The predicted molar refractivity (Wildman–Crippen MR) is 109 cm³/mol. The standard InChI is InChI=1S/C20H24FN3O3S/c1-20(2,3)18-9-6-14(12-22-18)7-10-19(25)23-13-15-5-8-17(16(21)11-15)24(4)28(26)27/h5-12H,13H2,1-4H3,(H,23,25)(H,26,27). The number of rotatable bonds is 6. The number of carbonyl (C=O) groups excluding carboxylic acids is 1. The summed E-state index contributed by atoms with van der Waals surface area (Å²) in [4.78, 5) is 16.4.